The molecule has 1 saturated heterocycles. The number of hydrogen-bond acceptors (Lipinski definition) is 6. The SMILES string of the molecule is CCOc1ccnc(N2CCC(=CC#Cc3cncc(C#N)c3)CC2)c1C#N. The highest BCUT2D eigenvalue weighted by molar-refractivity contribution is 5.61. The summed E-state index contributed by atoms with van der Waals surface area (Å²) in [6, 6.07) is 7.74. The van der Waals surface area contributed by atoms with E-state index in [9.17, 15) is 5.26 Å². The lowest BCUT2D eigenvalue weighted by molar-refractivity contribution is 0.339. The van der Waals surface area contributed by atoms with Gasteiger partial charge in [-0.15, -0.1) is 0 Å². The van der Waals surface area contributed by atoms with Gasteiger partial charge in [0.25, 0.3) is 0 Å². The minimum Gasteiger partial charge on any atom is -0.492 e. The van der Waals surface area contributed by atoms with Gasteiger partial charge >= 0.3 is 0 Å². The second kappa shape index (κ2) is 9.21. The van der Waals surface area contributed by atoms with Crippen molar-refractivity contribution >= 4 is 5.82 Å². The summed E-state index contributed by atoms with van der Waals surface area (Å²) in [6.07, 6.45) is 8.50. The first-order valence-corrected chi connectivity index (χ1v) is 9.06. The van der Waals surface area contributed by atoms with Gasteiger partial charge in [-0.2, -0.15) is 10.5 Å². The van der Waals surface area contributed by atoms with Crippen LogP contribution in [0.25, 0.3) is 0 Å². The van der Waals surface area contributed by atoms with Crippen molar-refractivity contribution in [2.75, 3.05) is 24.6 Å². The zero-order valence-electron chi connectivity index (χ0n) is 15.6. The van der Waals surface area contributed by atoms with Crippen LogP contribution >= 0.6 is 0 Å². The summed E-state index contributed by atoms with van der Waals surface area (Å²) in [6.45, 7) is 3.95. The number of rotatable bonds is 3. The van der Waals surface area contributed by atoms with Crippen molar-refractivity contribution in [1.29, 1.82) is 10.5 Å². The van der Waals surface area contributed by atoms with Gasteiger partial charge in [-0.1, -0.05) is 17.4 Å². The summed E-state index contributed by atoms with van der Waals surface area (Å²) in [7, 11) is 0. The molecule has 0 radical (unpaired) electrons. The lowest BCUT2D eigenvalue weighted by atomic mass is 10.0. The number of aromatic nitrogens is 2. The van der Waals surface area contributed by atoms with Gasteiger partial charge in [-0.25, -0.2) is 4.98 Å². The molecule has 28 heavy (non-hydrogen) atoms. The van der Waals surface area contributed by atoms with Crippen LogP contribution in [0.1, 0.15) is 36.5 Å². The fraction of sp³-hybridized carbons (Fsp3) is 0.273. The van der Waals surface area contributed by atoms with Gasteiger partial charge in [0.15, 0.2) is 0 Å². The summed E-state index contributed by atoms with van der Waals surface area (Å²) < 4.78 is 5.55. The summed E-state index contributed by atoms with van der Waals surface area (Å²) in [5.41, 5.74) is 2.97. The molecule has 0 amide bonds. The Labute approximate surface area is 164 Å². The second-order valence-corrected chi connectivity index (χ2v) is 6.19. The number of allylic oxidation sites excluding steroid dienone is 1. The van der Waals surface area contributed by atoms with Crippen LogP contribution in [0.4, 0.5) is 5.82 Å². The number of hydrogen-bond donors (Lipinski definition) is 0. The maximum Gasteiger partial charge on any atom is 0.150 e. The molecule has 1 aliphatic heterocycles. The molecule has 0 aliphatic carbocycles. The molecule has 3 rings (SSSR count). The first-order chi connectivity index (χ1) is 13.7. The standard InChI is InChI=1S/C22H19N5O/c1-2-28-21-6-9-26-22(20(21)14-24)27-10-7-17(8-11-27)4-3-5-18-12-19(13-23)16-25-15-18/h4,6,9,12,15-16H,2,7-8,10-11H2,1H3. The van der Waals surface area contributed by atoms with Gasteiger partial charge in [0, 0.05) is 43.3 Å². The van der Waals surface area contributed by atoms with Crippen LogP contribution in [0.5, 0.6) is 5.75 Å². The van der Waals surface area contributed by atoms with E-state index in [1.54, 1.807) is 24.5 Å². The highest BCUT2D eigenvalue weighted by atomic mass is 16.5. The van der Waals surface area contributed by atoms with Gasteiger partial charge in [0.1, 0.15) is 29.3 Å². The summed E-state index contributed by atoms with van der Waals surface area (Å²) in [5, 5.41) is 18.4. The fourth-order valence-electron chi connectivity index (χ4n) is 3.00. The largest absolute Gasteiger partial charge is 0.492 e. The molecule has 0 saturated carbocycles. The number of ether oxygens (including phenoxy) is 1. The van der Waals surface area contributed by atoms with E-state index in [1.807, 2.05) is 13.0 Å². The number of nitrogens with zero attached hydrogens (tertiary/aromatic N) is 5. The normalized spacial score (nSPS) is 13.0. The zero-order valence-corrected chi connectivity index (χ0v) is 15.6. The topological polar surface area (TPSA) is 85.8 Å². The van der Waals surface area contributed by atoms with Crippen molar-refractivity contribution in [1.82, 2.24) is 9.97 Å². The Kier molecular flexibility index (Phi) is 6.24. The third-order valence-corrected chi connectivity index (χ3v) is 4.37. The molecule has 6 nitrogen and oxygen atoms in total. The smallest absolute Gasteiger partial charge is 0.150 e. The van der Waals surface area contributed by atoms with E-state index in [1.165, 1.54) is 11.8 Å². The lowest BCUT2D eigenvalue weighted by Crippen LogP contribution is -2.32. The summed E-state index contributed by atoms with van der Waals surface area (Å²) in [5.74, 6) is 7.34. The van der Waals surface area contributed by atoms with E-state index in [0.717, 1.165) is 31.5 Å². The van der Waals surface area contributed by atoms with Crippen LogP contribution in [0.3, 0.4) is 0 Å². The summed E-state index contributed by atoms with van der Waals surface area (Å²) in [4.78, 5) is 10.5. The average molecular weight is 369 g/mol. The van der Waals surface area contributed by atoms with Crippen LogP contribution in [-0.2, 0) is 0 Å². The Balaban J connectivity index is 1.68. The van der Waals surface area contributed by atoms with Gasteiger partial charge < -0.3 is 9.64 Å². The zero-order chi connectivity index (χ0) is 19.8. The first kappa shape index (κ1) is 19.0. The fourth-order valence-corrected chi connectivity index (χ4v) is 3.00. The molecule has 1 fully saturated rings. The predicted octanol–water partition coefficient (Wildman–Crippen LogP) is 3.20. The Bertz CT molecular complexity index is 1020. The van der Waals surface area contributed by atoms with Gasteiger partial charge in [0.05, 0.1) is 12.2 Å². The van der Waals surface area contributed by atoms with Crippen molar-refractivity contribution in [3.63, 3.8) is 0 Å². The number of piperidine rings is 1. The van der Waals surface area contributed by atoms with E-state index < -0.39 is 0 Å². The molecule has 3 heterocycles. The minimum absolute atomic E-state index is 0.487. The highest BCUT2D eigenvalue weighted by Crippen LogP contribution is 2.29. The summed E-state index contributed by atoms with van der Waals surface area (Å²) >= 11 is 0. The third kappa shape index (κ3) is 4.47. The molecule has 2 aromatic heterocycles. The molecule has 138 valence electrons. The second-order valence-electron chi connectivity index (χ2n) is 6.19. The first-order valence-electron chi connectivity index (χ1n) is 9.06. The molecule has 0 aromatic carbocycles. The Hall–Kier alpha value is -3.82. The van der Waals surface area contributed by atoms with Crippen LogP contribution in [0, 0.1) is 34.5 Å². The van der Waals surface area contributed by atoms with Crippen molar-refractivity contribution in [2.45, 2.75) is 19.8 Å². The van der Waals surface area contributed by atoms with Crippen LogP contribution < -0.4 is 9.64 Å². The predicted molar refractivity (Wildman–Crippen MR) is 105 cm³/mol. The van der Waals surface area contributed by atoms with Crippen molar-refractivity contribution in [3.8, 4) is 29.7 Å². The molecule has 1 aliphatic rings. The maximum atomic E-state index is 9.52. The van der Waals surface area contributed by atoms with E-state index in [-0.39, 0.29) is 0 Å². The number of anilines is 1. The van der Waals surface area contributed by atoms with Crippen LogP contribution in [0.15, 0.2) is 42.4 Å². The molecular formula is C22H19N5O. The molecule has 0 N–H and O–H groups in total. The lowest BCUT2D eigenvalue weighted by Gasteiger charge is -2.30. The Morgan fingerprint density at radius 3 is 2.68 bits per heavy atom. The molecule has 0 atom stereocenters. The Morgan fingerprint density at radius 1 is 1.18 bits per heavy atom. The third-order valence-electron chi connectivity index (χ3n) is 4.37. The minimum atomic E-state index is 0.487. The van der Waals surface area contributed by atoms with Crippen molar-refractivity contribution in [2.24, 2.45) is 0 Å². The van der Waals surface area contributed by atoms with Gasteiger partial charge in [0.2, 0.25) is 0 Å². The molecule has 0 unspecified atom stereocenters. The van der Waals surface area contributed by atoms with E-state index in [2.05, 4.69) is 38.8 Å². The van der Waals surface area contributed by atoms with Gasteiger partial charge in [-0.3, -0.25) is 4.98 Å². The van der Waals surface area contributed by atoms with E-state index in [4.69, 9.17) is 10.00 Å². The molecule has 6 heteroatoms. The molecule has 2 aromatic rings. The van der Waals surface area contributed by atoms with Gasteiger partial charge in [-0.05, 0) is 31.9 Å². The molecule has 0 bridgehead atoms. The highest BCUT2D eigenvalue weighted by Gasteiger charge is 2.20. The van der Waals surface area contributed by atoms with Crippen molar-refractivity contribution < 1.29 is 4.74 Å². The maximum absolute atomic E-state index is 9.52. The van der Waals surface area contributed by atoms with Crippen LogP contribution in [0.2, 0.25) is 0 Å². The Morgan fingerprint density at radius 2 is 1.96 bits per heavy atom. The molecule has 0 spiro atoms. The van der Waals surface area contributed by atoms with E-state index in [0.29, 0.717) is 29.3 Å². The quantitative estimate of drug-likeness (QED) is 0.772. The molecular weight excluding hydrogens is 350 g/mol. The number of nitriles is 2. The average Bonchev–Trinajstić information content (AvgIpc) is 2.74. The van der Waals surface area contributed by atoms with E-state index >= 15 is 0 Å². The van der Waals surface area contributed by atoms with Crippen molar-refractivity contribution in [3.05, 3.63) is 59.1 Å². The monoisotopic (exact) mass is 369 g/mol. The van der Waals surface area contributed by atoms with Crippen LogP contribution in [-0.4, -0.2) is 29.7 Å². The number of pyridine rings is 2.